The van der Waals surface area contributed by atoms with Gasteiger partial charge in [0.2, 0.25) is 0 Å². The molecule has 0 amide bonds. The Bertz CT molecular complexity index is 257. The number of unbranched alkanes of at least 4 members (excludes halogenated alkanes) is 2. The maximum Gasteiger partial charge on any atom is 0.317 e. The van der Waals surface area contributed by atoms with Gasteiger partial charge in [0.1, 0.15) is 5.25 Å². The summed E-state index contributed by atoms with van der Waals surface area (Å²) < 4.78 is 0. The molecule has 0 aromatic heterocycles. The molecule has 0 aliphatic rings. The molecule has 0 aromatic carbocycles. The van der Waals surface area contributed by atoms with Crippen molar-refractivity contribution < 1.29 is 19.8 Å². The zero-order chi connectivity index (χ0) is 13.5. The first kappa shape index (κ1) is 16.3. The molecule has 1 unspecified atom stereocenters. The minimum atomic E-state index is -1.24. The highest BCUT2D eigenvalue weighted by Crippen LogP contribution is 2.38. The summed E-state index contributed by atoms with van der Waals surface area (Å²) >= 11 is 4.01. The van der Waals surface area contributed by atoms with Gasteiger partial charge in [-0.05, 0) is 12.8 Å². The second kappa shape index (κ2) is 7.58. The molecule has 0 aromatic rings. The average Bonchev–Trinajstić information content (AvgIpc) is 2.28. The van der Waals surface area contributed by atoms with Crippen molar-refractivity contribution in [1.82, 2.24) is 0 Å². The molecule has 0 bridgehead atoms. The fourth-order valence-electron chi connectivity index (χ4n) is 1.95. The predicted molar refractivity (Wildman–Crippen MR) is 69.5 cm³/mol. The molecule has 0 aliphatic heterocycles. The summed E-state index contributed by atoms with van der Waals surface area (Å²) in [5.41, 5.74) is -1.24. The van der Waals surface area contributed by atoms with E-state index in [1.54, 1.807) is 0 Å². The molecular weight excluding hydrogens is 240 g/mol. The summed E-state index contributed by atoms with van der Waals surface area (Å²) in [4.78, 5) is 22.5. The topological polar surface area (TPSA) is 74.6 Å². The summed E-state index contributed by atoms with van der Waals surface area (Å²) in [5, 5.41) is 17.3. The van der Waals surface area contributed by atoms with Gasteiger partial charge in [0, 0.05) is 0 Å². The minimum Gasteiger partial charge on any atom is -0.481 e. The van der Waals surface area contributed by atoms with Crippen LogP contribution in [0.1, 0.15) is 52.4 Å². The van der Waals surface area contributed by atoms with Gasteiger partial charge in [-0.15, -0.1) is 0 Å². The van der Waals surface area contributed by atoms with Crippen LogP contribution in [0.5, 0.6) is 0 Å². The maximum absolute atomic E-state index is 11.5. The number of carboxylic acid groups (broad SMARTS) is 2. The van der Waals surface area contributed by atoms with Crippen molar-refractivity contribution in [2.75, 3.05) is 0 Å². The second-order valence-electron chi connectivity index (χ2n) is 4.41. The number of aliphatic carboxylic acids is 2. The molecule has 0 heterocycles. The van der Waals surface area contributed by atoms with E-state index in [-0.39, 0.29) is 0 Å². The Hall–Kier alpha value is -0.710. The Morgan fingerprint density at radius 1 is 1.12 bits per heavy atom. The second-order valence-corrected chi connectivity index (χ2v) is 4.93. The van der Waals surface area contributed by atoms with E-state index in [9.17, 15) is 14.7 Å². The molecule has 0 aliphatic carbocycles. The van der Waals surface area contributed by atoms with E-state index in [2.05, 4.69) is 12.6 Å². The van der Waals surface area contributed by atoms with Gasteiger partial charge in [0.15, 0.2) is 0 Å². The zero-order valence-electron chi connectivity index (χ0n) is 10.5. The molecule has 0 saturated heterocycles. The largest absolute Gasteiger partial charge is 0.481 e. The molecule has 0 spiro atoms. The van der Waals surface area contributed by atoms with E-state index < -0.39 is 22.6 Å². The summed E-state index contributed by atoms with van der Waals surface area (Å²) in [5.74, 6) is -2.19. The van der Waals surface area contributed by atoms with Gasteiger partial charge < -0.3 is 10.2 Å². The normalized spacial score (nSPS) is 13.4. The number of thiol groups is 1. The summed E-state index contributed by atoms with van der Waals surface area (Å²) in [6.07, 6.45) is 3.86. The lowest BCUT2D eigenvalue weighted by Crippen LogP contribution is -2.44. The van der Waals surface area contributed by atoms with E-state index in [0.717, 1.165) is 12.8 Å². The molecular formula is C12H22O4S. The van der Waals surface area contributed by atoms with Crippen LogP contribution in [0.25, 0.3) is 0 Å². The Morgan fingerprint density at radius 2 is 1.53 bits per heavy atom. The van der Waals surface area contributed by atoms with Crippen LogP contribution >= 0.6 is 12.6 Å². The van der Waals surface area contributed by atoms with Gasteiger partial charge in [-0.25, -0.2) is 0 Å². The van der Waals surface area contributed by atoms with E-state index in [4.69, 9.17) is 5.11 Å². The minimum absolute atomic E-state index is 0.374. The zero-order valence-corrected chi connectivity index (χ0v) is 11.4. The van der Waals surface area contributed by atoms with Crippen molar-refractivity contribution in [3.63, 3.8) is 0 Å². The lowest BCUT2D eigenvalue weighted by atomic mass is 9.75. The fraction of sp³-hybridized carbons (Fsp3) is 0.833. The molecule has 2 N–H and O–H groups in total. The van der Waals surface area contributed by atoms with Crippen molar-refractivity contribution in [3.05, 3.63) is 0 Å². The van der Waals surface area contributed by atoms with Crippen LogP contribution in [0.15, 0.2) is 0 Å². The van der Waals surface area contributed by atoms with Crippen LogP contribution in [0.4, 0.5) is 0 Å². The van der Waals surface area contributed by atoms with Gasteiger partial charge in [-0.2, -0.15) is 12.6 Å². The molecule has 17 heavy (non-hydrogen) atoms. The van der Waals surface area contributed by atoms with Gasteiger partial charge in [0.25, 0.3) is 0 Å². The van der Waals surface area contributed by atoms with Crippen LogP contribution in [0.2, 0.25) is 0 Å². The van der Waals surface area contributed by atoms with Gasteiger partial charge in [0.05, 0.1) is 5.41 Å². The van der Waals surface area contributed by atoms with E-state index in [0.29, 0.717) is 25.7 Å². The Kier molecular flexibility index (Phi) is 7.27. The summed E-state index contributed by atoms with van der Waals surface area (Å²) in [6, 6.07) is 0. The van der Waals surface area contributed by atoms with Crippen molar-refractivity contribution >= 4 is 24.6 Å². The van der Waals surface area contributed by atoms with Gasteiger partial charge in [-0.1, -0.05) is 39.5 Å². The first-order chi connectivity index (χ1) is 7.92. The lowest BCUT2D eigenvalue weighted by Gasteiger charge is -2.32. The highest BCUT2D eigenvalue weighted by Gasteiger charge is 2.46. The van der Waals surface area contributed by atoms with Crippen LogP contribution in [0.3, 0.4) is 0 Å². The molecule has 0 fully saturated rings. The molecule has 0 saturated carbocycles. The monoisotopic (exact) mass is 262 g/mol. The van der Waals surface area contributed by atoms with Crippen LogP contribution < -0.4 is 0 Å². The SMILES string of the molecule is CCCCC(CCCC)(C(=O)O)C(S)C(=O)O. The van der Waals surface area contributed by atoms with Crippen molar-refractivity contribution in [1.29, 1.82) is 0 Å². The van der Waals surface area contributed by atoms with Crippen LogP contribution in [-0.4, -0.2) is 27.4 Å². The maximum atomic E-state index is 11.5. The summed E-state index contributed by atoms with van der Waals surface area (Å²) in [7, 11) is 0. The Labute approximate surface area is 108 Å². The van der Waals surface area contributed by atoms with E-state index in [1.165, 1.54) is 0 Å². The molecule has 5 heteroatoms. The lowest BCUT2D eigenvalue weighted by molar-refractivity contribution is -0.156. The highest BCUT2D eigenvalue weighted by molar-refractivity contribution is 7.81. The van der Waals surface area contributed by atoms with Gasteiger partial charge >= 0.3 is 11.9 Å². The standard InChI is InChI=1S/C12H22O4S/c1-3-5-7-12(11(15)16,8-6-4-2)9(17)10(13)14/h9,17H,3-8H2,1-2H3,(H,13,14)(H,15,16). The third-order valence-corrected chi connectivity index (χ3v) is 3.85. The first-order valence-electron chi connectivity index (χ1n) is 6.06. The predicted octanol–water partition coefficient (Wildman–Crippen LogP) is 2.82. The van der Waals surface area contributed by atoms with Crippen LogP contribution in [-0.2, 0) is 9.59 Å². The molecule has 0 rings (SSSR count). The van der Waals surface area contributed by atoms with Crippen molar-refractivity contribution in [2.45, 2.75) is 57.6 Å². The van der Waals surface area contributed by atoms with E-state index >= 15 is 0 Å². The fourth-order valence-corrected chi connectivity index (χ4v) is 2.32. The quantitative estimate of drug-likeness (QED) is 0.559. The van der Waals surface area contributed by atoms with Crippen molar-refractivity contribution in [3.8, 4) is 0 Å². The average molecular weight is 262 g/mol. The molecule has 100 valence electrons. The van der Waals surface area contributed by atoms with E-state index in [1.807, 2.05) is 13.8 Å². The van der Waals surface area contributed by atoms with Crippen molar-refractivity contribution in [2.24, 2.45) is 5.41 Å². The number of hydrogen-bond donors (Lipinski definition) is 3. The Morgan fingerprint density at radius 3 is 1.76 bits per heavy atom. The van der Waals surface area contributed by atoms with Gasteiger partial charge in [-0.3, -0.25) is 9.59 Å². The highest BCUT2D eigenvalue weighted by atomic mass is 32.1. The number of rotatable bonds is 9. The number of hydrogen-bond acceptors (Lipinski definition) is 3. The third kappa shape index (κ3) is 4.22. The molecule has 0 radical (unpaired) electrons. The Balaban J connectivity index is 5.07. The smallest absolute Gasteiger partial charge is 0.317 e. The third-order valence-electron chi connectivity index (χ3n) is 3.14. The van der Waals surface area contributed by atoms with Crippen LogP contribution in [0, 0.1) is 5.41 Å². The summed E-state index contributed by atoms with van der Waals surface area (Å²) in [6.45, 7) is 3.92. The number of carboxylic acids is 2. The molecule has 4 nitrogen and oxygen atoms in total. The first-order valence-corrected chi connectivity index (χ1v) is 6.58. The molecule has 1 atom stereocenters. The number of carbonyl (C=O) groups is 2.